The van der Waals surface area contributed by atoms with Gasteiger partial charge in [0, 0.05) is 45.2 Å². The second-order valence-electron chi connectivity index (χ2n) is 7.83. The molecular weight excluding hydrogens is 360 g/mol. The molecule has 0 bridgehead atoms. The summed E-state index contributed by atoms with van der Waals surface area (Å²) in [7, 11) is 1.68. The number of rotatable bonds is 6. The van der Waals surface area contributed by atoms with Crippen LogP contribution in [0, 0.1) is 11.6 Å². The Balaban J connectivity index is 1.52. The zero-order chi connectivity index (χ0) is 19.7. The number of hydrogen-bond acceptors (Lipinski definition) is 3. The fourth-order valence-corrected chi connectivity index (χ4v) is 4.10. The monoisotopic (exact) mass is 387 g/mol. The van der Waals surface area contributed by atoms with E-state index in [9.17, 15) is 8.78 Å². The van der Waals surface area contributed by atoms with Gasteiger partial charge in [0.1, 0.15) is 11.9 Å². The van der Waals surface area contributed by atoms with E-state index in [0.29, 0.717) is 18.8 Å². The van der Waals surface area contributed by atoms with E-state index in [0.717, 1.165) is 38.2 Å². The third kappa shape index (κ3) is 3.86. The Labute approximate surface area is 165 Å². The number of ether oxygens (including phenoxy) is 2. The van der Waals surface area contributed by atoms with Gasteiger partial charge < -0.3 is 14.4 Å². The van der Waals surface area contributed by atoms with E-state index >= 15 is 0 Å². The van der Waals surface area contributed by atoms with Crippen LogP contribution in [0.15, 0.2) is 30.3 Å². The maximum Gasteiger partial charge on any atom is 0.182 e. The van der Waals surface area contributed by atoms with Gasteiger partial charge in [-0.15, -0.1) is 0 Å². The van der Waals surface area contributed by atoms with Crippen LogP contribution in [0.1, 0.15) is 42.9 Å². The average Bonchev–Trinajstić information content (AvgIpc) is 2.66. The topological polar surface area (TPSA) is 21.7 Å². The quantitative estimate of drug-likeness (QED) is 0.693. The minimum atomic E-state index is -0.862. The van der Waals surface area contributed by atoms with Crippen molar-refractivity contribution >= 4 is 5.69 Å². The Morgan fingerprint density at radius 2 is 1.89 bits per heavy atom. The Kier molecular flexibility index (Phi) is 5.54. The molecule has 3 nitrogen and oxygen atoms in total. The summed E-state index contributed by atoms with van der Waals surface area (Å²) in [6.07, 6.45) is 4.78. The summed E-state index contributed by atoms with van der Waals surface area (Å²) < 4.78 is 39.9. The van der Waals surface area contributed by atoms with Gasteiger partial charge in [-0.3, -0.25) is 0 Å². The first kappa shape index (κ1) is 19.2. The summed E-state index contributed by atoms with van der Waals surface area (Å²) in [6.45, 7) is 3.42. The van der Waals surface area contributed by atoms with Crippen molar-refractivity contribution in [1.29, 1.82) is 0 Å². The van der Waals surface area contributed by atoms with Gasteiger partial charge >= 0.3 is 0 Å². The molecule has 0 atom stereocenters. The summed E-state index contributed by atoms with van der Waals surface area (Å²) in [5.41, 5.74) is 4.12. The molecule has 0 radical (unpaired) electrons. The molecule has 28 heavy (non-hydrogen) atoms. The summed E-state index contributed by atoms with van der Waals surface area (Å²) >= 11 is 0. The van der Waals surface area contributed by atoms with E-state index < -0.39 is 11.6 Å². The Bertz CT molecular complexity index is 849. The SMILES string of the molecule is CCCc1ccc2c(c1)CCN(c1cc(OC3CC(OC)C3)cc(F)c1F)C2. The largest absolute Gasteiger partial charge is 0.490 e. The minimum Gasteiger partial charge on any atom is -0.490 e. The van der Waals surface area contributed by atoms with Gasteiger partial charge in [-0.05, 0) is 29.5 Å². The van der Waals surface area contributed by atoms with Crippen molar-refractivity contribution in [2.75, 3.05) is 18.6 Å². The Morgan fingerprint density at radius 1 is 1.07 bits per heavy atom. The zero-order valence-corrected chi connectivity index (χ0v) is 16.5. The van der Waals surface area contributed by atoms with Crippen molar-refractivity contribution in [3.8, 4) is 5.75 Å². The highest BCUT2D eigenvalue weighted by Crippen LogP contribution is 2.34. The van der Waals surface area contributed by atoms with E-state index in [-0.39, 0.29) is 17.9 Å². The van der Waals surface area contributed by atoms with Crippen molar-refractivity contribution in [1.82, 2.24) is 0 Å². The van der Waals surface area contributed by atoms with Gasteiger partial charge in [0.25, 0.3) is 0 Å². The molecule has 2 aliphatic rings. The smallest absolute Gasteiger partial charge is 0.182 e. The minimum absolute atomic E-state index is 0.00160. The summed E-state index contributed by atoms with van der Waals surface area (Å²) in [6, 6.07) is 9.31. The van der Waals surface area contributed by atoms with Crippen LogP contribution in [0.3, 0.4) is 0 Å². The van der Waals surface area contributed by atoms with Crippen LogP contribution < -0.4 is 9.64 Å². The molecule has 4 rings (SSSR count). The van der Waals surface area contributed by atoms with Crippen LogP contribution in [0.2, 0.25) is 0 Å². The molecule has 2 aromatic carbocycles. The van der Waals surface area contributed by atoms with E-state index in [1.54, 1.807) is 13.2 Å². The standard InChI is InChI=1S/C23H27F2NO2/c1-3-4-15-5-6-17-14-26(8-7-16(17)9-15)22-13-20(12-21(24)23(22)25)28-19-10-18(11-19)27-2/h5-6,9,12-13,18-19H,3-4,7-8,10-11,14H2,1-2H3. The first-order chi connectivity index (χ1) is 13.6. The molecule has 1 saturated carbocycles. The molecule has 0 saturated heterocycles. The lowest BCUT2D eigenvalue weighted by atomic mass is 9.92. The van der Waals surface area contributed by atoms with E-state index in [1.807, 2.05) is 4.90 Å². The second kappa shape index (κ2) is 8.08. The maximum atomic E-state index is 14.6. The molecule has 150 valence electrons. The van der Waals surface area contributed by atoms with Crippen LogP contribution in [0.5, 0.6) is 5.75 Å². The molecule has 1 aliphatic carbocycles. The van der Waals surface area contributed by atoms with Crippen LogP contribution in [0.25, 0.3) is 0 Å². The molecule has 0 N–H and O–H groups in total. The molecule has 2 aromatic rings. The maximum absolute atomic E-state index is 14.6. The third-order valence-electron chi connectivity index (χ3n) is 5.83. The number of aryl methyl sites for hydroxylation is 1. The van der Waals surface area contributed by atoms with Crippen molar-refractivity contribution in [2.45, 2.75) is 57.8 Å². The summed E-state index contributed by atoms with van der Waals surface area (Å²) in [5, 5.41) is 0. The van der Waals surface area contributed by atoms with Crippen LogP contribution in [-0.4, -0.2) is 25.9 Å². The predicted octanol–water partition coefficient (Wildman–Crippen LogP) is 5.04. The van der Waals surface area contributed by atoms with Crippen molar-refractivity contribution < 1.29 is 18.3 Å². The lowest BCUT2D eigenvalue weighted by Gasteiger charge is -2.35. The molecule has 0 amide bonds. The predicted molar refractivity (Wildman–Crippen MR) is 106 cm³/mol. The number of methoxy groups -OCH3 is 1. The molecule has 5 heteroatoms. The number of anilines is 1. The fourth-order valence-electron chi connectivity index (χ4n) is 4.10. The zero-order valence-electron chi connectivity index (χ0n) is 16.5. The van der Waals surface area contributed by atoms with Gasteiger partial charge in [0.05, 0.1) is 11.8 Å². The molecule has 1 fully saturated rings. The second-order valence-corrected chi connectivity index (χ2v) is 7.83. The van der Waals surface area contributed by atoms with Crippen LogP contribution in [-0.2, 0) is 24.1 Å². The highest BCUT2D eigenvalue weighted by atomic mass is 19.2. The lowest BCUT2D eigenvalue weighted by Crippen LogP contribution is -2.39. The number of benzene rings is 2. The van der Waals surface area contributed by atoms with Crippen LogP contribution in [0.4, 0.5) is 14.5 Å². The number of fused-ring (bicyclic) bond motifs is 1. The highest BCUT2D eigenvalue weighted by Gasteiger charge is 2.31. The normalized spacial score (nSPS) is 21.2. The third-order valence-corrected chi connectivity index (χ3v) is 5.83. The Hall–Kier alpha value is -2.14. The molecular formula is C23H27F2NO2. The average molecular weight is 387 g/mol. The molecule has 0 aromatic heterocycles. The molecule has 1 aliphatic heterocycles. The Morgan fingerprint density at radius 3 is 2.64 bits per heavy atom. The van der Waals surface area contributed by atoms with Crippen molar-refractivity contribution in [3.05, 3.63) is 58.7 Å². The van der Waals surface area contributed by atoms with Gasteiger partial charge in [-0.1, -0.05) is 31.5 Å². The fraction of sp³-hybridized carbons (Fsp3) is 0.478. The first-order valence-corrected chi connectivity index (χ1v) is 10.1. The van der Waals surface area contributed by atoms with E-state index in [1.165, 1.54) is 16.7 Å². The molecule has 0 unspecified atom stereocenters. The van der Waals surface area contributed by atoms with Gasteiger partial charge in [-0.25, -0.2) is 8.78 Å². The van der Waals surface area contributed by atoms with Crippen molar-refractivity contribution in [2.24, 2.45) is 0 Å². The number of halogens is 2. The molecule has 0 spiro atoms. The lowest BCUT2D eigenvalue weighted by molar-refractivity contribution is -0.0382. The number of hydrogen-bond donors (Lipinski definition) is 0. The number of nitrogens with zero attached hydrogens (tertiary/aromatic N) is 1. The van der Waals surface area contributed by atoms with Gasteiger partial charge in [-0.2, -0.15) is 0 Å². The van der Waals surface area contributed by atoms with E-state index in [4.69, 9.17) is 9.47 Å². The summed E-state index contributed by atoms with van der Waals surface area (Å²) in [5.74, 6) is -1.28. The van der Waals surface area contributed by atoms with Gasteiger partial charge in [0.15, 0.2) is 11.6 Å². The molecule has 1 heterocycles. The van der Waals surface area contributed by atoms with Gasteiger partial charge in [0.2, 0.25) is 0 Å². The highest BCUT2D eigenvalue weighted by molar-refractivity contribution is 5.55. The first-order valence-electron chi connectivity index (χ1n) is 10.1. The van der Waals surface area contributed by atoms with E-state index in [2.05, 4.69) is 25.1 Å². The van der Waals surface area contributed by atoms with Crippen molar-refractivity contribution in [3.63, 3.8) is 0 Å². The summed E-state index contributed by atoms with van der Waals surface area (Å²) in [4.78, 5) is 1.91. The van der Waals surface area contributed by atoms with Crippen LogP contribution >= 0.6 is 0 Å².